The molecule has 0 saturated heterocycles. The maximum atomic E-state index is 12.0. The zero-order chi connectivity index (χ0) is 15.2. The molecule has 2 rings (SSSR count). The van der Waals surface area contributed by atoms with E-state index >= 15 is 0 Å². The first kappa shape index (κ1) is 14.6. The zero-order valence-electron chi connectivity index (χ0n) is 11.5. The van der Waals surface area contributed by atoms with Gasteiger partial charge in [0.15, 0.2) is 6.61 Å². The van der Waals surface area contributed by atoms with Crippen LogP contribution in [0.25, 0.3) is 0 Å². The third-order valence-corrected chi connectivity index (χ3v) is 2.98. The summed E-state index contributed by atoms with van der Waals surface area (Å²) in [5.41, 5.74) is 0.793. The molecule has 0 spiro atoms. The van der Waals surface area contributed by atoms with E-state index in [9.17, 15) is 9.59 Å². The number of carboxylic acids is 1. The van der Waals surface area contributed by atoms with Crippen LogP contribution in [0.15, 0.2) is 54.6 Å². The van der Waals surface area contributed by atoms with Gasteiger partial charge in [0.25, 0.3) is 5.91 Å². The summed E-state index contributed by atoms with van der Waals surface area (Å²) >= 11 is 0. The van der Waals surface area contributed by atoms with Crippen molar-refractivity contribution in [1.82, 2.24) is 0 Å². The quantitative estimate of drug-likeness (QED) is 0.916. The average Bonchev–Trinajstić information content (AvgIpc) is 2.53. The Morgan fingerprint density at radius 3 is 2.24 bits per heavy atom. The van der Waals surface area contributed by atoms with Gasteiger partial charge in [-0.05, 0) is 36.4 Å². The van der Waals surface area contributed by atoms with E-state index in [0.29, 0.717) is 11.4 Å². The van der Waals surface area contributed by atoms with Gasteiger partial charge in [0, 0.05) is 12.7 Å². The highest BCUT2D eigenvalue weighted by molar-refractivity contribution is 5.94. The number of aromatic carboxylic acids is 1. The van der Waals surface area contributed by atoms with E-state index in [-0.39, 0.29) is 18.1 Å². The predicted molar refractivity (Wildman–Crippen MR) is 78.7 cm³/mol. The van der Waals surface area contributed by atoms with Crippen LogP contribution in [0, 0.1) is 0 Å². The van der Waals surface area contributed by atoms with E-state index < -0.39 is 5.97 Å². The summed E-state index contributed by atoms with van der Waals surface area (Å²) in [6.07, 6.45) is 0. The monoisotopic (exact) mass is 285 g/mol. The molecular weight excluding hydrogens is 270 g/mol. The minimum absolute atomic E-state index is 0.0821. The number of hydrogen-bond acceptors (Lipinski definition) is 3. The molecule has 0 heterocycles. The Bertz CT molecular complexity index is 622. The molecule has 0 aliphatic heterocycles. The van der Waals surface area contributed by atoms with Crippen molar-refractivity contribution < 1.29 is 19.4 Å². The van der Waals surface area contributed by atoms with Crippen molar-refractivity contribution in [1.29, 1.82) is 0 Å². The van der Waals surface area contributed by atoms with Crippen molar-refractivity contribution >= 4 is 17.6 Å². The molecule has 0 aliphatic carbocycles. The van der Waals surface area contributed by atoms with Crippen LogP contribution in [0.4, 0.5) is 5.69 Å². The van der Waals surface area contributed by atoms with Crippen LogP contribution >= 0.6 is 0 Å². The lowest BCUT2D eigenvalue weighted by molar-refractivity contribution is -0.120. The lowest BCUT2D eigenvalue weighted by atomic mass is 10.2. The number of carbonyl (C=O) groups is 2. The van der Waals surface area contributed by atoms with Crippen LogP contribution in [0.3, 0.4) is 0 Å². The average molecular weight is 285 g/mol. The molecule has 0 radical (unpaired) electrons. The first-order chi connectivity index (χ1) is 10.1. The van der Waals surface area contributed by atoms with Crippen molar-refractivity contribution in [2.45, 2.75) is 0 Å². The van der Waals surface area contributed by atoms with Crippen LogP contribution in [-0.2, 0) is 4.79 Å². The zero-order valence-corrected chi connectivity index (χ0v) is 11.5. The van der Waals surface area contributed by atoms with Gasteiger partial charge < -0.3 is 14.7 Å². The Morgan fingerprint density at radius 2 is 1.67 bits per heavy atom. The van der Waals surface area contributed by atoms with Gasteiger partial charge in [-0.1, -0.05) is 18.2 Å². The fourth-order valence-corrected chi connectivity index (χ4v) is 1.73. The molecule has 21 heavy (non-hydrogen) atoms. The molecule has 5 nitrogen and oxygen atoms in total. The number of likely N-dealkylation sites (N-methyl/N-ethyl adjacent to an activating group) is 1. The first-order valence-electron chi connectivity index (χ1n) is 6.35. The van der Waals surface area contributed by atoms with Gasteiger partial charge in [0.05, 0.1) is 5.56 Å². The summed E-state index contributed by atoms with van der Waals surface area (Å²) in [6.45, 7) is -0.0821. The van der Waals surface area contributed by atoms with Gasteiger partial charge in [-0.15, -0.1) is 0 Å². The van der Waals surface area contributed by atoms with Crippen LogP contribution < -0.4 is 9.64 Å². The Morgan fingerprint density at radius 1 is 1.05 bits per heavy atom. The predicted octanol–water partition coefficient (Wildman–Crippen LogP) is 2.43. The van der Waals surface area contributed by atoms with Gasteiger partial charge in [-0.2, -0.15) is 0 Å². The standard InChI is InChI=1S/C16H15NO4/c1-17(13-9-7-12(8-10-13)16(19)20)15(18)11-21-14-5-3-2-4-6-14/h2-10H,11H2,1H3,(H,19,20). The van der Waals surface area contributed by atoms with Gasteiger partial charge >= 0.3 is 5.97 Å². The molecule has 0 saturated carbocycles. The summed E-state index contributed by atoms with van der Waals surface area (Å²) in [5, 5.41) is 8.83. The van der Waals surface area contributed by atoms with Gasteiger partial charge in [-0.25, -0.2) is 4.79 Å². The van der Waals surface area contributed by atoms with Crippen LogP contribution in [0.2, 0.25) is 0 Å². The molecular formula is C16H15NO4. The van der Waals surface area contributed by atoms with Crippen molar-refractivity contribution in [3.05, 3.63) is 60.2 Å². The van der Waals surface area contributed by atoms with Crippen molar-refractivity contribution in [3.8, 4) is 5.75 Å². The summed E-state index contributed by atoms with van der Waals surface area (Å²) < 4.78 is 5.39. The summed E-state index contributed by atoms with van der Waals surface area (Å²) in [7, 11) is 1.62. The molecule has 0 unspecified atom stereocenters. The second-order valence-corrected chi connectivity index (χ2v) is 4.41. The maximum Gasteiger partial charge on any atom is 0.335 e. The van der Waals surface area contributed by atoms with Crippen LogP contribution in [0.1, 0.15) is 10.4 Å². The number of hydrogen-bond donors (Lipinski definition) is 1. The molecule has 1 N–H and O–H groups in total. The Balaban J connectivity index is 1.97. The normalized spacial score (nSPS) is 9.95. The lowest BCUT2D eigenvalue weighted by Gasteiger charge is -2.17. The largest absolute Gasteiger partial charge is 0.484 e. The number of ether oxygens (including phenoxy) is 1. The molecule has 5 heteroatoms. The van der Waals surface area contributed by atoms with E-state index in [0.717, 1.165) is 0 Å². The third kappa shape index (κ3) is 3.82. The SMILES string of the molecule is CN(C(=O)COc1ccccc1)c1ccc(C(=O)O)cc1. The van der Waals surface area contributed by atoms with Crippen LogP contribution in [0.5, 0.6) is 5.75 Å². The number of rotatable bonds is 5. The number of nitrogens with zero attached hydrogens (tertiary/aromatic N) is 1. The van der Waals surface area contributed by atoms with E-state index in [2.05, 4.69) is 0 Å². The van der Waals surface area contributed by atoms with E-state index in [1.165, 1.54) is 17.0 Å². The lowest BCUT2D eigenvalue weighted by Crippen LogP contribution is -2.31. The smallest absolute Gasteiger partial charge is 0.335 e. The minimum atomic E-state index is -0.997. The fraction of sp³-hybridized carbons (Fsp3) is 0.125. The number of carbonyl (C=O) groups excluding carboxylic acids is 1. The fourth-order valence-electron chi connectivity index (χ4n) is 1.73. The Hall–Kier alpha value is -2.82. The summed E-state index contributed by atoms with van der Waals surface area (Å²) in [5.74, 6) is -0.592. The molecule has 0 fully saturated rings. The third-order valence-electron chi connectivity index (χ3n) is 2.98. The van der Waals surface area contributed by atoms with Crippen molar-refractivity contribution in [2.75, 3.05) is 18.6 Å². The van der Waals surface area contributed by atoms with E-state index in [1.54, 1.807) is 31.3 Å². The molecule has 0 bridgehead atoms. The molecule has 0 aromatic heterocycles. The van der Waals surface area contributed by atoms with Crippen LogP contribution in [-0.4, -0.2) is 30.6 Å². The summed E-state index contributed by atoms with van der Waals surface area (Å²) in [6, 6.07) is 15.2. The van der Waals surface area contributed by atoms with Crippen molar-refractivity contribution in [3.63, 3.8) is 0 Å². The van der Waals surface area contributed by atoms with E-state index in [1.807, 2.05) is 18.2 Å². The topological polar surface area (TPSA) is 66.8 Å². The van der Waals surface area contributed by atoms with Gasteiger partial charge in [0.2, 0.25) is 0 Å². The highest BCUT2D eigenvalue weighted by atomic mass is 16.5. The number of amides is 1. The van der Waals surface area contributed by atoms with Gasteiger partial charge in [0.1, 0.15) is 5.75 Å². The highest BCUT2D eigenvalue weighted by Crippen LogP contribution is 2.15. The molecule has 108 valence electrons. The number of benzene rings is 2. The molecule has 1 amide bonds. The highest BCUT2D eigenvalue weighted by Gasteiger charge is 2.12. The molecule has 2 aromatic rings. The molecule has 2 aromatic carbocycles. The molecule has 0 atom stereocenters. The second-order valence-electron chi connectivity index (χ2n) is 4.41. The number of carboxylic acid groups (broad SMARTS) is 1. The van der Waals surface area contributed by atoms with Gasteiger partial charge in [-0.3, -0.25) is 4.79 Å². The number of anilines is 1. The first-order valence-corrected chi connectivity index (χ1v) is 6.35. The number of para-hydroxylation sites is 1. The Labute approximate surface area is 122 Å². The maximum absolute atomic E-state index is 12.0. The second kappa shape index (κ2) is 6.56. The molecule has 0 aliphatic rings. The van der Waals surface area contributed by atoms with E-state index in [4.69, 9.17) is 9.84 Å². The van der Waals surface area contributed by atoms with Crippen molar-refractivity contribution in [2.24, 2.45) is 0 Å². The summed E-state index contributed by atoms with van der Waals surface area (Å²) in [4.78, 5) is 24.2. The minimum Gasteiger partial charge on any atom is -0.484 e. The Kier molecular flexibility index (Phi) is 4.56.